The Morgan fingerprint density at radius 3 is 2.37 bits per heavy atom. The first-order valence-electron chi connectivity index (χ1n) is 12.4. The number of carbonyl (C=O) groups is 1. The molecule has 5 rings (SSSR count). The normalized spacial score (nSPS) is 20.3. The molecule has 1 aromatic heterocycles. The molecular formula is C27H24F6N4O4. The molecule has 3 aromatic rings. The molecule has 0 radical (unpaired) electrons. The van der Waals surface area contributed by atoms with E-state index in [1.807, 2.05) is 20.9 Å². The molecular weight excluding hydrogens is 558 g/mol. The van der Waals surface area contributed by atoms with Gasteiger partial charge in [0, 0.05) is 43.0 Å². The first-order valence-corrected chi connectivity index (χ1v) is 12.4. The topological polar surface area (TPSA) is 86.9 Å². The molecule has 2 aliphatic heterocycles. The molecule has 2 atom stereocenters. The van der Waals surface area contributed by atoms with Gasteiger partial charge in [0.05, 0.1) is 22.5 Å². The number of carbonyl (C=O) groups excluding carboxylic acids is 1. The lowest BCUT2D eigenvalue weighted by Gasteiger charge is -2.44. The maximum atomic E-state index is 15.6. The fourth-order valence-corrected chi connectivity index (χ4v) is 4.95. The first kappa shape index (κ1) is 28.3. The Kier molecular flexibility index (Phi) is 6.92. The van der Waals surface area contributed by atoms with Crippen LogP contribution in [0, 0.1) is 5.82 Å². The van der Waals surface area contributed by atoms with Crippen molar-refractivity contribution in [3.8, 4) is 22.6 Å². The zero-order valence-corrected chi connectivity index (χ0v) is 21.9. The van der Waals surface area contributed by atoms with E-state index in [0.717, 1.165) is 18.2 Å². The third-order valence-electron chi connectivity index (χ3n) is 7.22. The van der Waals surface area contributed by atoms with Crippen LogP contribution in [0.5, 0.6) is 11.5 Å². The molecule has 0 spiro atoms. The van der Waals surface area contributed by atoms with Crippen LogP contribution < -0.4 is 25.2 Å². The number of aromatic amines is 1. The van der Waals surface area contributed by atoms with Crippen LogP contribution in [0.25, 0.3) is 11.1 Å². The molecule has 0 saturated carbocycles. The van der Waals surface area contributed by atoms with Crippen molar-refractivity contribution in [1.29, 1.82) is 0 Å². The van der Waals surface area contributed by atoms with Gasteiger partial charge in [-0.3, -0.25) is 14.5 Å². The molecule has 1 amide bonds. The number of amides is 1. The van der Waals surface area contributed by atoms with E-state index in [2.05, 4.69) is 24.7 Å². The molecule has 2 N–H and O–H groups in total. The van der Waals surface area contributed by atoms with Crippen LogP contribution >= 0.6 is 0 Å². The Morgan fingerprint density at radius 2 is 1.71 bits per heavy atom. The number of rotatable bonds is 4. The molecule has 8 nitrogen and oxygen atoms in total. The number of nitrogens with zero attached hydrogens (tertiary/aromatic N) is 2. The van der Waals surface area contributed by atoms with Gasteiger partial charge in [-0.2, -0.15) is 13.2 Å². The molecule has 14 heteroatoms. The van der Waals surface area contributed by atoms with Crippen LogP contribution in [0.15, 0.2) is 47.4 Å². The van der Waals surface area contributed by atoms with Crippen molar-refractivity contribution in [1.82, 2.24) is 9.88 Å². The molecule has 1 saturated heterocycles. The SMILES string of the molecule is C[C@@H]1CN(c2cc(F)c(-c3ccc4c(c3)OC(F)(F)O4)cc2NC(=O)c2c[nH]c(=O)cc2C(F)(F)F)C[C@H](C)N1C. The summed E-state index contributed by atoms with van der Waals surface area (Å²) in [5.74, 6) is -2.58. The number of hydrogen-bond donors (Lipinski definition) is 2. The Bertz CT molecular complexity index is 1560. The zero-order valence-electron chi connectivity index (χ0n) is 21.9. The number of anilines is 2. The largest absolute Gasteiger partial charge is 0.586 e. The van der Waals surface area contributed by atoms with Gasteiger partial charge in [-0.1, -0.05) is 6.07 Å². The lowest BCUT2D eigenvalue weighted by Crippen LogP contribution is -2.55. The van der Waals surface area contributed by atoms with E-state index >= 15 is 4.39 Å². The molecule has 218 valence electrons. The van der Waals surface area contributed by atoms with E-state index < -0.39 is 40.9 Å². The minimum absolute atomic E-state index is 0.0107. The molecule has 0 unspecified atom stereocenters. The van der Waals surface area contributed by atoms with Gasteiger partial charge in [0.2, 0.25) is 5.56 Å². The smallest absolute Gasteiger partial charge is 0.395 e. The Hall–Kier alpha value is -4.20. The van der Waals surface area contributed by atoms with E-state index in [4.69, 9.17) is 0 Å². The summed E-state index contributed by atoms with van der Waals surface area (Å²) in [6.07, 6.45) is -8.25. The minimum atomic E-state index is -5.01. The standard InChI is InChI=1S/C27H24F6N4O4/c1-13-11-37(12-14(2)36(13)3)21-9-19(28)16(15-4-5-22-23(6-15)41-27(32,33)40-22)7-20(21)35-25(39)17-10-34-24(38)8-18(17)26(29,30)31/h4-10,13-14H,11-12H2,1-3H3,(H,34,38)(H,35,39)/t13-,14+. The van der Waals surface area contributed by atoms with Crippen LogP contribution in [0.2, 0.25) is 0 Å². The number of piperazine rings is 1. The molecule has 0 bridgehead atoms. The molecule has 41 heavy (non-hydrogen) atoms. The molecule has 0 aliphatic carbocycles. The zero-order chi connectivity index (χ0) is 29.9. The highest BCUT2D eigenvalue weighted by Crippen LogP contribution is 2.44. The maximum Gasteiger partial charge on any atom is 0.586 e. The molecule has 1 fully saturated rings. The van der Waals surface area contributed by atoms with Gasteiger partial charge in [0.15, 0.2) is 11.5 Å². The number of ether oxygens (including phenoxy) is 2. The average Bonchev–Trinajstić information content (AvgIpc) is 3.20. The summed E-state index contributed by atoms with van der Waals surface area (Å²) < 4.78 is 92.5. The van der Waals surface area contributed by atoms with Crippen LogP contribution in [0.1, 0.15) is 29.8 Å². The summed E-state index contributed by atoms with van der Waals surface area (Å²) in [4.78, 5) is 30.7. The third-order valence-corrected chi connectivity index (χ3v) is 7.22. The van der Waals surface area contributed by atoms with Gasteiger partial charge in [-0.15, -0.1) is 8.78 Å². The van der Waals surface area contributed by atoms with Crippen molar-refractivity contribution in [2.24, 2.45) is 0 Å². The third kappa shape index (κ3) is 5.56. The highest BCUT2D eigenvalue weighted by atomic mass is 19.4. The predicted molar refractivity (Wildman–Crippen MR) is 137 cm³/mol. The second-order valence-electron chi connectivity index (χ2n) is 10.0. The number of pyridine rings is 1. The van der Waals surface area contributed by atoms with E-state index in [1.165, 1.54) is 12.1 Å². The summed E-state index contributed by atoms with van der Waals surface area (Å²) >= 11 is 0. The van der Waals surface area contributed by atoms with Gasteiger partial charge >= 0.3 is 12.5 Å². The van der Waals surface area contributed by atoms with Gasteiger partial charge in [-0.25, -0.2) is 4.39 Å². The second kappa shape index (κ2) is 10.0. The van der Waals surface area contributed by atoms with Gasteiger partial charge < -0.3 is 24.7 Å². The summed E-state index contributed by atoms with van der Waals surface area (Å²) in [7, 11) is 1.93. The number of H-pyrrole nitrogens is 1. The number of fused-ring (bicyclic) bond motifs is 1. The van der Waals surface area contributed by atoms with E-state index in [1.54, 1.807) is 4.90 Å². The van der Waals surface area contributed by atoms with E-state index in [0.29, 0.717) is 19.3 Å². The van der Waals surface area contributed by atoms with Crippen LogP contribution in [-0.2, 0) is 6.18 Å². The summed E-state index contributed by atoms with van der Waals surface area (Å²) in [5.41, 5.74) is -3.22. The summed E-state index contributed by atoms with van der Waals surface area (Å²) in [6, 6.07) is 6.24. The Morgan fingerprint density at radius 1 is 1.05 bits per heavy atom. The van der Waals surface area contributed by atoms with E-state index in [-0.39, 0.29) is 52.2 Å². The molecule has 2 aromatic carbocycles. The van der Waals surface area contributed by atoms with E-state index in [9.17, 15) is 31.5 Å². The number of likely N-dealkylation sites (N-methyl/N-ethyl adjacent to an activating group) is 1. The summed E-state index contributed by atoms with van der Waals surface area (Å²) in [6.45, 7) is 4.72. The van der Waals surface area contributed by atoms with Crippen LogP contribution in [0.3, 0.4) is 0 Å². The van der Waals surface area contributed by atoms with Crippen molar-refractivity contribution < 1.29 is 40.6 Å². The number of alkyl halides is 5. The Labute approximate surface area is 229 Å². The molecule has 3 heterocycles. The lowest BCUT2D eigenvalue weighted by atomic mass is 10.0. The minimum Gasteiger partial charge on any atom is -0.395 e. The number of benzene rings is 2. The van der Waals surface area contributed by atoms with Gasteiger partial charge in [0.1, 0.15) is 5.82 Å². The highest BCUT2D eigenvalue weighted by molar-refractivity contribution is 6.07. The fraction of sp³-hybridized carbons (Fsp3) is 0.333. The molecule has 2 aliphatic rings. The van der Waals surface area contributed by atoms with Crippen LogP contribution in [-0.4, -0.2) is 54.3 Å². The lowest BCUT2D eigenvalue weighted by molar-refractivity contribution is -0.286. The van der Waals surface area contributed by atoms with Crippen molar-refractivity contribution in [3.63, 3.8) is 0 Å². The van der Waals surface area contributed by atoms with Crippen LogP contribution in [0.4, 0.5) is 37.7 Å². The highest BCUT2D eigenvalue weighted by Gasteiger charge is 2.43. The number of nitrogens with one attached hydrogen (secondary N) is 2. The van der Waals surface area contributed by atoms with Crippen molar-refractivity contribution in [2.75, 3.05) is 30.4 Å². The van der Waals surface area contributed by atoms with Crippen molar-refractivity contribution in [3.05, 3.63) is 69.9 Å². The number of hydrogen-bond acceptors (Lipinski definition) is 6. The van der Waals surface area contributed by atoms with Gasteiger partial charge in [-0.05, 0) is 50.7 Å². The van der Waals surface area contributed by atoms with Crippen molar-refractivity contribution in [2.45, 2.75) is 38.4 Å². The predicted octanol–water partition coefficient (Wildman–Crippen LogP) is 5.30. The summed E-state index contributed by atoms with van der Waals surface area (Å²) in [5, 5.41) is 2.44. The van der Waals surface area contributed by atoms with Crippen molar-refractivity contribution >= 4 is 17.3 Å². The number of aromatic nitrogens is 1. The average molecular weight is 583 g/mol. The second-order valence-corrected chi connectivity index (χ2v) is 10.0. The fourth-order valence-electron chi connectivity index (χ4n) is 4.95. The monoisotopic (exact) mass is 582 g/mol. The number of halogens is 6. The maximum absolute atomic E-state index is 15.6. The van der Waals surface area contributed by atoms with Gasteiger partial charge in [0.25, 0.3) is 5.91 Å². The quantitative estimate of drug-likeness (QED) is 0.406. The Balaban J connectivity index is 1.60. The first-order chi connectivity index (χ1) is 19.1.